The zero-order valence-corrected chi connectivity index (χ0v) is 16.2. The number of hydrogen-bond donors (Lipinski definition) is 0. The molecule has 1 aromatic heterocycles. The Morgan fingerprint density at radius 2 is 1.93 bits per heavy atom. The predicted molar refractivity (Wildman–Crippen MR) is 106 cm³/mol. The highest BCUT2D eigenvalue weighted by Crippen LogP contribution is 2.21. The van der Waals surface area contributed by atoms with Crippen molar-refractivity contribution in [2.24, 2.45) is 13.0 Å². The van der Waals surface area contributed by atoms with Crippen LogP contribution in [0.5, 0.6) is 0 Å². The summed E-state index contributed by atoms with van der Waals surface area (Å²) in [6.45, 7) is 4.18. The van der Waals surface area contributed by atoms with Crippen LogP contribution >= 0.6 is 0 Å². The number of aromatic nitrogens is 3. The lowest BCUT2D eigenvalue weighted by Crippen LogP contribution is -2.38. The van der Waals surface area contributed by atoms with Crippen molar-refractivity contribution >= 4 is 12.0 Å². The van der Waals surface area contributed by atoms with E-state index in [1.54, 1.807) is 11.6 Å². The molecule has 1 fully saturated rings. The molecule has 2 heterocycles. The molecule has 27 heavy (non-hydrogen) atoms. The van der Waals surface area contributed by atoms with Crippen LogP contribution < -0.4 is 5.69 Å². The highest BCUT2D eigenvalue weighted by molar-refractivity contribution is 5.78. The molecular formula is C21H28N4O2. The van der Waals surface area contributed by atoms with E-state index in [2.05, 4.69) is 5.10 Å². The third kappa shape index (κ3) is 4.76. The van der Waals surface area contributed by atoms with Crippen molar-refractivity contribution in [2.45, 2.75) is 39.2 Å². The fourth-order valence-electron chi connectivity index (χ4n) is 3.66. The quantitative estimate of drug-likeness (QED) is 0.787. The molecule has 1 saturated heterocycles. The first-order chi connectivity index (χ1) is 13.1. The normalized spacial score (nSPS) is 15.6. The minimum atomic E-state index is -0.0506. The molecule has 1 aromatic carbocycles. The molecule has 1 amide bonds. The third-order valence-corrected chi connectivity index (χ3v) is 5.24. The molecule has 6 nitrogen and oxygen atoms in total. The third-order valence-electron chi connectivity index (χ3n) is 5.24. The Morgan fingerprint density at radius 1 is 1.22 bits per heavy atom. The molecule has 0 bridgehead atoms. The van der Waals surface area contributed by atoms with Crippen LogP contribution in [-0.4, -0.2) is 38.2 Å². The number of amides is 1. The zero-order valence-electron chi connectivity index (χ0n) is 16.2. The maximum atomic E-state index is 12.4. The molecule has 6 heteroatoms. The van der Waals surface area contributed by atoms with Gasteiger partial charge in [-0.25, -0.2) is 9.48 Å². The van der Waals surface area contributed by atoms with Gasteiger partial charge >= 0.3 is 5.69 Å². The van der Waals surface area contributed by atoms with Gasteiger partial charge in [-0.2, -0.15) is 5.10 Å². The van der Waals surface area contributed by atoms with Crippen LogP contribution in [0.1, 0.15) is 37.6 Å². The van der Waals surface area contributed by atoms with E-state index in [1.807, 2.05) is 54.3 Å². The summed E-state index contributed by atoms with van der Waals surface area (Å²) in [5, 5.41) is 4.38. The van der Waals surface area contributed by atoms with Crippen LogP contribution in [-0.2, 0) is 24.8 Å². The summed E-state index contributed by atoms with van der Waals surface area (Å²) in [7, 11) is 1.70. The van der Waals surface area contributed by atoms with E-state index in [9.17, 15) is 9.59 Å². The van der Waals surface area contributed by atoms with E-state index < -0.39 is 0 Å². The summed E-state index contributed by atoms with van der Waals surface area (Å²) < 4.78 is 3.16. The van der Waals surface area contributed by atoms with Gasteiger partial charge in [0.1, 0.15) is 5.82 Å². The van der Waals surface area contributed by atoms with Crippen LogP contribution in [0.15, 0.2) is 41.2 Å². The lowest BCUT2D eigenvalue weighted by Gasteiger charge is -2.31. The van der Waals surface area contributed by atoms with Gasteiger partial charge < -0.3 is 4.90 Å². The van der Waals surface area contributed by atoms with E-state index in [4.69, 9.17) is 0 Å². The average Bonchev–Trinajstić information content (AvgIpc) is 2.96. The van der Waals surface area contributed by atoms with E-state index in [0.717, 1.165) is 43.7 Å². The Hall–Kier alpha value is -2.63. The summed E-state index contributed by atoms with van der Waals surface area (Å²) in [5.41, 5.74) is 1.06. The molecule has 0 radical (unpaired) electrons. The number of nitrogens with zero attached hydrogens (tertiary/aromatic N) is 4. The molecule has 0 unspecified atom stereocenters. The maximum Gasteiger partial charge on any atom is 0.345 e. The van der Waals surface area contributed by atoms with Crippen molar-refractivity contribution in [3.05, 3.63) is 58.3 Å². The fraction of sp³-hybridized carbons (Fsp3) is 0.476. The molecule has 0 spiro atoms. The van der Waals surface area contributed by atoms with Crippen molar-refractivity contribution in [3.63, 3.8) is 0 Å². The van der Waals surface area contributed by atoms with Gasteiger partial charge in [-0.05, 0) is 31.2 Å². The standard InChI is InChI=1S/C21H28N4O2/c1-3-25-19(22-23(2)21(25)27)16-18-12-14-24(15-13-18)20(26)11-7-10-17-8-5-4-6-9-17/h4-10,18H,3,11-16H2,1-2H3. The van der Waals surface area contributed by atoms with Gasteiger partial charge in [0, 0.05) is 39.5 Å². The molecule has 1 aliphatic rings. The second-order valence-electron chi connectivity index (χ2n) is 7.11. The molecule has 1 aliphatic heterocycles. The first kappa shape index (κ1) is 19.1. The second-order valence-corrected chi connectivity index (χ2v) is 7.11. The van der Waals surface area contributed by atoms with Gasteiger partial charge in [0.25, 0.3) is 0 Å². The molecule has 0 N–H and O–H groups in total. The van der Waals surface area contributed by atoms with Crippen molar-refractivity contribution < 1.29 is 4.79 Å². The number of piperidine rings is 1. The molecule has 0 atom stereocenters. The first-order valence-electron chi connectivity index (χ1n) is 9.70. The molecule has 0 aliphatic carbocycles. The Balaban J connectivity index is 1.48. The minimum absolute atomic E-state index is 0.0506. The zero-order chi connectivity index (χ0) is 19.2. The summed E-state index contributed by atoms with van der Waals surface area (Å²) >= 11 is 0. The number of aryl methyl sites for hydroxylation is 1. The smallest absolute Gasteiger partial charge is 0.342 e. The average molecular weight is 368 g/mol. The lowest BCUT2D eigenvalue weighted by molar-refractivity contribution is -0.131. The Morgan fingerprint density at radius 3 is 2.59 bits per heavy atom. The maximum absolute atomic E-state index is 12.4. The number of carbonyl (C=O) groups is 1. The second kappa shape index (κ2) is 8.84. The molecular weight excluding hydrogens is 340 g/mol. The fourth-order valence-corrected chi connectivity index (χ4v) is 3.66. The number of carbonyl (C=O) groups excluding carboxylic acids is 1. The Bertz CT molecular complexity index is 843. The number of likely N-dealkylation sites (tertiary alicyclic amines) is 1. The van der Waals surface area contributed by atoms with Crippen molar-refractivity contribution in [2.75, 3.05) is 13.1 Å². The van der Waals surface area contributed by atoms with Gasteiger partial charge in [0.15, 0.2) is 0 Å². The van der Waals surface area contributed by atoms with E-state index in [0.29, 0.717) is 18.9 Å². The summed E-state index contributed by atoms with van der Waals surface area (Å²) in [6.07, 6.45) is 7.10. The molecule has 2 aromatic rings. The van der Waals surface area contributed by atoms with Crippen LogP contribution in [0.4, 0.5) is 0 Å². The van der Waals surface area contributed by atoms with Crippen molar-refractivity contribution in [1.82, 2.24) is 19.2 Å². The van der Waals surface area contributed by atoms with Crippen molar-refractivity contribution in [1.29, 1.82) is 0 Å². The number of benzene rings is 1. The Kier molecular flexibility index (Phi) is 6.27. The van der Waals surface area contributed by atoms with E-state index in [1.165, 1.54) is 4.68 Å². The first-order valence-corrected chi connectivity index (χ1v) is 9.70. The van der Waals surface area contributed by atoms with Gasteiger partial charge in [0.05, 0.1) is 0 Å². The number of rotatable bonds is 6. The summed E-state index contributed by atoms with van der Waals surface area (Å²) in [4.78, 5) is 26.4. The van der Waals surface area contributed by atoms with Crippen LogP contribution in [0.25, 0.3) is 6.08 Å². The van der Waals surface area contributed by atoms with Crippen LogP contribution in [0.3, 0.4) is 0 Å². The lowest BCUT2D eigenvalue weighted by atomic mass is 9.93. The van der Waals surface area contributed by atoms with Crippen LogP contribution in [0.2, 0.25) is 0 Å². The van der Waals surface area contributed by atoms with Crippen LogP contribution in [0, 0.1) is 5.92 Å². The highest BCUT2D eigenvalue weighted by atomic mass is 16.2. The SMILES string of the molecule is CCn1c(CC2CCN(C(=O)CC=Cc3ccccc3)CC2)nn(C)c1=O. The van der Waals surface area contributed by atoms with Gasteiger partial charge in [-0.15, -0.1) is 0 Å². The molecule has 3 rings (SSSR count). The highest BCUT2D eigenvalue weighted by Gasteiger charge is 2.24. The molecule has 0 saturated carbocycles. The number of hydrogen-bond acceptors (Lipinski definition) is 3. The van der Waals surface area contributed by atoms with E-state index >= 15 is 0 Å². The van der Waals surface area contributed by atoms with Gasteiger partial charge in [0.2, 0.25) is 5.91 Å². The van der Waals surface area contributed by atoms with Gasteiger partial charge in [-0.1, -0.05) is 42.5 Å². The Labute approximate surface area is 160 Å². The van der Waals surface area contributed by atoms with Crippen molar-refractivity contribution in [3.8, 4) is 0 Å². The monoisotopic (exact) mass is 368 g/mol. The molecule has 144 valence electrons. The predicted octanol–water partition coefficient (Wildman–Crippen LogP) is 2.49. The summed E-state index contributed by atoms with van der Waals surface area (Å²) in [6, 6.07) is 10.0. The minimum Gasteiger partial charge on any atom is -0.342 e. The summed E-state index contributed by atoms with van der Waals surface area (Å²) in [5.74, 6) is 1.52. The van der Waals surface area contributed by atoms with E-state index in [-0.39, 0.29) is 11.6 Å². The topological polar surface area (TPSA) is 60.1 Å². The largest absolute Gasteiger partial charge is 0.345 e. The van der Waals surface area contributed by atoms with Gasteiger partial charge in [-0.3, -0.25) is 9.36 Å².